The van der Waals surface area contributed by atoms with E-state index in [1.54, 1.807) is 48.5 Å². The molecule has 1 aromatic heterocycles. The largest absolute Gasteiger partial charge is 0.347 e. The average molecular weight is 552 g/mol. The molecule has 1 aliphatic carbocycles. The number of benzene rings is 2. The lowest BCUT2D eigenvalue weighted by molar-refractivity contribution is -0.211. The Bertz CT molecular complexity index is 1430. The summed E-state index contributed by atoms with van der Waals surface area (Å²) in [6.07, 6.45) is 2.57. The normalized spacial score (nSPS) is 19.7. The molecule has 1 atom stereocenters. The standard InChI is InChI=1S/C26H17BrClFN4O2/c27-20-8-7-19-23(22(20)16-3-5-18(28)6-4-16)24(34)33(29)26(19,35-15-25(14-31)9-10-25)12-21-17(13-30)2-1-11-32-21/h1-8,11H,9-10,12,15H2/t26-/m1/s1. The molecule has 0 spiro atoms. The second-order valence-corrected chi connectivity index (χ2v) is 9.98. The highest BCUT2D eigenvalue weighted by molar-refractivity contribution is 9.10. The van der Waals surface area contributed by atoms with Gasteiger partial charge < -0.3 is 4.74 Å². The lowest BCUT2D eigenvalue weighted by Crippen LogP contribution is -2.44. The summed E-state index contributed by atoms with van der Waals surface area (Å²) in [5, 5.41) is 19.8. The Labute approximate surface area is 214 Å². The minimum atomic E-state index is -1.89. The van der Waals surface area contributed by atoms with Crippen LogP contribution in [0.4, 0.5) is 4.48 Å². The highest BCUT2D eigenvalue weighted by Gasteiger charge is 2.56. The number of hydrogen-bond donors (Lipinski definition) is 0. The van der Waals surface area contributed by atoms with Crippen LogP contribution in [0.25, 0.3) is 11.1 Å². The number of ether oxygens (including phenoxy) is 1. The van der Waals surface area contributed by atoms with Crippen molar-refractivity contribution in [2.45, 2.75) is 25.0 Å². The quantitative estimate of drug-likeness (QED) is 0.346. The molecular weight excluding hydrogens is 535 g/mol. The highest BCUT2D eigenvalue weighted by Crippen LogP contribution is 2.51. The van der Waals surface area contributed by atoms with Crippen LogP contribution >= 0.6 is 27.5 Å². The van der Waals surface area contributed by atoms with E-state index in [9.17, 15) is 15.3 Å². The molecule has 2 aliphatic rings. The van der Waals surface area contributed by atoms with Gasteiger partial charge in [0.1, 0.15) is 6.07 Å². The van der Waals surface area contributed by atoms with Gasteiger partial charge in [-0.15, -0.1) is 5.12 Å². The number of carbonyl (C=O) groups is 1. The molecular formula is C26H17BrClFN4O2. The molecule has 1 amide bonds. The summed E-state index contributed by atoms with van der Waals surface area (Å²) in [7, 11) is 0. The van der Waals surface area contributed by atoms with Gasteiger partial charge in [0, 0.05) is 33.2 Å². The van der Waals surface area contributed by atoms with Crippen LogP contribution in [0.5, 0.6) is 0 Å². The summed E-state index contributed by atoms with van der Waals surface area (Å²) in [6, 6.07) is 17.8. The Kier molecular flexibility index (Phi) is 5.85. The molecule has 3 aromatic rings. The first-order valence-corrected chi connectivity index (χ1v) is 12.0. The van der Waals surface area contributed by atoms with Crippen LogP contribution in [-0.4, -0.2) is 22.6 Å². The van der Waals surface area contributed by atoms with E-state index in [1.807, 2.05) is 0 Å². The number of nitriles is 2. The number of nitrogens with zero attached hydrogens (tertiary/aromatic N) is 4. The molecule has 1 aliphatic heterocycles. The summed E-state index contributed by atoms with van der Waals surface area (Å²) in [5.41, 5.74) is -0.446. The maximum absolute atomic E-state index is 16.1. The van der Waals surface area contributed by atoms with Crippen molar-refractivity contribution in [2.24, 2.45) is 5.41 Å². The first-order valence-electron chi connectivity index (χ1n) is 10.8. The average Bonchev–Trinajstić information content (AvgIpc) is 3.63. The second-order valence-electron chi connectivity index (χ2n) is 8.69. The summed E-state index contributed by atoms with van der Waals surface area (Å²) in [5.74, 6) is -0.873. The van der Waals surface area contributed by atoms with Crippen LogP contribution in [0, 0.1) is 28.1 Å². The predicted molar refractivity (Wildman–Crippen MR) is 129 cm³/mol. The fraction of sp³-hybridized carbons (Fsp3) is 0.231. The number of halogens is 3. The number of amides is 1. The molecule has 0 bridgehead atoms. The lowest BCUT2D eigenvalue weighted by atomic mass is 9.90. The van der Waals surface area contributed by atoms with Gasteiger partial charge >= 0.3 is 0 Å². The van der Waals surface area contributed by atoms with Gasteiger partial charge in [-0.1, -0.05) is 50.2 Å². The maximum atomic E-state index is 16.1. The van der Waals surface area contributed by atoms with Crippen LogP contribution in [-0.2, 0) is 16.9 Å². The summed E-state index contributed by atoms with van der Waals surface area (Å²) in [4.78, 5) is 17.7. The first-order chi connectivity index (χ1) is 16.8. The van der Waals surface area contributed by atoms with Gasteiger partial charge in [-0.25, -0.2) is 0 Å². The van der Waals surface area contributed by atoms with Crippen LogP contribution < -0.4 is 0 Å². The van der Waals surface area contributed by atoms with Crippen LogP contribution in [0.3, 0.4) is 0 Å². The van der Waals surface area contributed by atoms with E-state index < -0.39 is 17.0 Å². The van der Waals surface area contributed by atoms with E-state index in [1.165, 1.54) is 6.20 Å². The SMILES string of the molecule is N#Cc1cccnc1C[C@@]1(OCC2(C#N)CC2)c2ccc(Br)c(-c3ccc(Cl)cc3)c2C(=O)N1F. The van der Waals surface area contributed by atoms with Gasteiger partial charge in [-0.05, 0) is 48.7 Å². The zero-order chi connectivity index (χ0) is 24.8. The number of carbonyl (C=O) groups excluding carboxylic acids is 1. The van der Waals surface area contributed by atoms with E-state index in [-0.39, 0.29) is 35.0 Å². The molecule has 174 valence electrons. The van der Waals surface area contributed by atoms with Crippen molar-refractivity contribution in [3.8, 4) is 23.3 Å². The van der Waals surface area contributed by atoms with Crippen molar-refractivity contribution in [3.05, 3.63) is 86.6 Å². The summed E-state index contributed by atoms with van der Waals surface area (Å²) >= 11 is 9.56. The number of fused-ring (bicyclic) bond motifs is 1. The molecule has 1 fully saturated rings. The number of rotatable bonds is 6. The third kappa shape index (κ3) is 3.88. The molecule has 0 radical (unpaired) electrons. The summed E-state index contributed by atoms with van der Waals surface area (Å²) < 4.78 is 22.9. The van der Waals surface area contributed by atoms with Crippen LogP contribution in [0.15, 0.2) is 59.2 Å². The molecule has 35 heavy (non-hydrogen) atoms. The molecule has 0 N–H and O–H groups in total. The Morgan fingerprint density at radius 1 is 1.14 bits per heavy atom. The van der Waals surface area contributed by atoms with Gasteiger partial charge in [-0.2, -0.15) is 10.5 Å². The molecule has 2 aromatic carbocycles. The topological polar surface area (TPSA) is 90.0 Å². The van der Waals surface area contributed by atoms with Gasteiger partial charge in [0.05, 0.1) is 34.9 Å². The third-order valence-corrected chi connectivity index (χ3v) is 7.43. The zero-order valence-electron chi connectivity index (χ0n) is 18.3. The Morgan fingerprint density at radius 2 is 1.89 bits per heavy atom. The Hall–Kier alpha value is -3.30. The molecule has 6 nitrogen and oxygen atoms in total. The zero-order valence-corrected chi connectivity index (χ0v) is 20.6. The molecule has 0 unspecified atom stereocenters. The Balaban J connectivity index is 1.70. The van der Waals surface area contributed by atoms with Crippen molar-refractivity contribution in [3.63, 3.8) is 0 Å². The minimum Gasteiger partial charge on any atom is -0.347 e. The molecule has 2 heterocycles. The van der Waals surface area contributed by atoms with Gasteiger partial charge in [0.25, 0.3) is 5.91 Å². The number of aromatic nitrogens is 1. The van der Waals surface area contributed by atoms with Crippen LogP contribution in [0.1, 0.15) is 40.0 Å². The van der Waals surface area contributed by atoms with E-state index in [4.69, 9.17) is 16.3 Å². The molecule has 9 heteroatoms. The second kappa shape index (κ2) is 8.73. The fourth-order valence-electron chi connectivity index (χ4n) is 4.35. The van der Waals surface area contributed by atoms with Crippen molar-refractivity contribution in [1.82, 2.24) is 10.1 Å². The molecule has 0 saturated heterocycles. The molecule has 1 saturated carbocycles. The van der Waals surface area contributed by atoms with E-state index in [2.05, 4.69) is 33.1 Å². The van der Waals surface area contributed by atoms with Crippen molar-refractivity contribution in [2.75, 3.05) is 6.61 Å². The third-order valence-electron chi connectivity index (χ3n) is 6.51. The number of hydrogen-bond acceptors (Lipinski definition) is 5. The van der Waals surface area contributed by atoms with Crippen LogP contribution in [0.2, 0.25) is 5.02 Å². The summed E-state index contributed by atoms with van der Waals surface area (Å²) in [6.45, 7) is -0.0578. The first kappa shape index (κ1) is 23.4. The maximum Gasteiger partial charge on any atom is 0.285 e. The van der Waals surface area contributed by atoms with E-state index in [0.717, 1.165) is 0 Å². The Morgan fingerprint density at radius 3 is 2.54 bits per heavy atom. The lowest BCUT2D eigenvalue weighted by Gasteiger charge is -2.34. The molecule has 5 rings (SSSR count). The highest BCUT2D eigenvalue weighted by atomic mass is 79.9. The van der Waals surface area contributed by atoms with Crippen molar-refractivity contribution >= 4 is 33.4 Å². The van der Waals surface area contributed by atoms with E-state index >= 15 is 4.48 Å². The smallest absolute Gasteiger partial charge is 0.285 e. The fourth-order valence-corrected chi connectivity index (χ4v) is 5.03. The number of pyridine rings is 1. The van der Waals surface area contributed by atoms with Gasteiger partial charge in [0.15, 0.2) is 0 Å². The van der Waals surface area contributed by atoms with E-state index in [0.29, 0.717) is 39.0 Å². The van der Waals surface area contributed by atoms with Gasteiger partial charge in [-0.3, -0.25) is 9.78 Å². The van der Waals surface area contributed by atoms with Gasteiger partial charge in [0.2, 0.25) is 5.72 Å². The monoisotopic (exact) mass is 550 g/mol. The van der Waals surface area contributed by atoms with Crippen molar-refractivity contribution < 1.29 is 14.0 Å². The van der Waals surface area contributed by atoms with Crippen molar-refractivity contribution in [1.29, 1.82) is 10.5 Å². The minimum absolute atomic E-state index is 0.0578. The predicted octanol–water partition coefficient (Wildman–Crippen LogP) is 6.09.